The molecule has 2 aromatic rings. The van der Waals surface area contributed by atoms with Gasteiger partial charge < -0.3 is 5.32 Å². The van der Waals surface area contributed by atoms with Gasteiger partial charge in [-0.3, -0.25) is 0 Å². The second-order valence-electron chi connectivity index (χ2n) is 5.77. The topological polar surface area (TPSA) is 49.4 Å². The molecule has 0 saturated carbocycles. The lowest BCUT2D eigenvalue weighted by Gasteiger charge is -2.35. The highest BCUT2D eigenvalue weighted by atomic mass is 32.2. The SMILES string of the molecule is O=S(=O)(Cc1ccc(F)cc1)N1CCNCC1c1cccc(F)c1. The smallest absolute Gasteiger partial charge is 0.218 e. The van der Waals surface area contributed by atoms with Gasteiger partial charge in [0.15, 0.2) is 0 Å². The predicted molar refractivity (Wildman–Crippen MR) is 87.7 cm³/mol. The van der Waals surface area contributed by atoms with Crippen molar-refractivity contribution >= 4 is 10.0 Å². The first-order valence-electron chi connectivity index (χ1n) is 7.66. The van der Waals surface area contributed by atoms with Crippen molar-refractivity contribution in [1.29, 1.82) is 0 Å². The second-order valence-corrected chi connectivity index (χ2v) is 7.69. The largest absolute Gasteiger partial charge is 0.313 e. The molecular formula is C17H18F2N2O2S. The third-order valence-corrected chi connectivity index (χ3v) is 5.90. The zero-order valence-electron chi connectivity index (χ0n) is 13.0. The van der Waals surface area contributed by atoms with E-state index in [-0.39, 0.29) is 5.75 Å². The first-order chi connectivity index (χ1) is 11.5. The third kappa shape index (κ3) is 3.80. The Morgan fingerprint density at radius 3 is 2.54 bits per heavy atom. The normalized spacial score (nSPS) is 19.3. The maximum Gasteiger partial charge on any atom is 0.218 e. The lowest BCUT2D eigenvalue weighted by atomic mass is 10.1. The van der Waals surface area contributed by atoms with E-state index in [1.54, 1.807) is 12.1 Å². The summed E-state index contributed by atoms with van der Waals surface area (Å²) in [5, 5.41) is 3.15. The molecule has 0 spiro atoms. The number of benzene rings is 2. The Hall–Kier alpha value is -1.83. The van der Waals surface area contributed by atoms with Crippen molar-refractivity contribution in [2.45, 2.75) is 11.8 Å². The molecule has 0 aliphatic carbocycles. The van der Waals surface area contributed by atoms with E-state index in [1.165, 1.54) is 40.7 Å². The Balaban J connectivity index is 1.87. The first kappa shape index (κ1) is 17.0. The van der Waals surface area contributed by atoms with Crippen LogP contribution in [0.4, 0.5) is 8.78 Å². The Morgan fingerprint density at radius 2 is 1.83 bits per heavy atom. The fourth-order valence-corrected chi connectivity index (χ4v) is 4.62. The zero-order valence-corrected chi connectivity index (χ0v) is 13.8. The minimum Gasteiger partial charge on any atom is -0.313 e. The predicted octanol–water partition coefficient (Wildman–Crippen LogP) is 2.44. The highest BCUT2D eigenvalue weighted by Crippen LogP contribution is 2.27. The molecule has 0 radical (unpaired) electrons. The number of piperazine rings is 1. The van der Waals surface area contributed by atoms with Gasteiger partial charge in [-0.2, -0.15) is 4.31 Å². The number of rotatable bonds is 4. The van der Waals surface area contributed by atoms with Crippen LogP contribution in [-0.4, -0.2) is 32.4 Å². The molecule has 0 aromatic heterocycles. The van der Waals surface area contributed by atoms with Gasteiger partial charge in [0.2, 0.25) is 10.0 Å². The van der Waals surface area contributed by atoms with E-state index in [0.29, 0.717) is 30.8 Å². The fraction of sp³-hybridized carbons (Fsp3) is 0.294. The molecule has 128 valence electrons. The number of hydrogen-bond donors (Lipinski definition) is 1. The Morgan fingerprint density at radius 1 is 1.08 bits per heavy atom. The Labute approximate surface area is 140 Å². The van der Waals surface area contributed by atoms with Crippen molar-refractivity contribution in [3.63, 3.8) is 0 Å². The molecule has 1 heterocycles. The van der Waals surface area contributed by atoms with Crippen LogP contribution in [0.1, 0.15) is 17.2 Å². The molecular weight excluding hydrogens is 334 g/mol. The number of halogens is 2. The summed E-state index contributed by atoms with van der Waals surface area (Å²) < 4.78 is 53.5. The molecule has 24 heavy (non-hydrogen) atoms. The van der Waals surface area contributed by atoms with E-state index in [0.717, 1.165) is 0 Å². The summed E-state index contributed by atoms with van der Waals surface area (Å²) in [6.07, 6.45) is 0. The molecule has 1 unspecified atom stereocenters. The van der Waals surface area contributed by atoms with Crippen molar-refractivity contribution in [3.05, 3.63) is 71.3 Å². The van der Waals surface area contributed by atoms with E-state index >= 15 is 0 Å². The van der Waals surface area contributed by atoms with Crippen LogP contribution in [0.5, 0.6) is 0 Å². The van der Waals surface area contributed by atoms with Crippen LogP contribution in [0.2, 0.25) is 0 Å². The van der Waals surface area contributed by atoms with Gasteiger partial charge in [-0.05, 0) is 35.4 Å². The standard InChI is InChI=1S/C17H18F2N2O2S/c18-15-6-4-13(5-7-15)12-24(22,23)21-9-8-20-11-17(21)14-2-1-3-16(19)10-14/h1-7,10,17,20H,8-9,11-12H2. The molecule has 0 bridgehead atoms. The summed E-state index contributed by atoms with van der Waals surface area (Å²) >= 11 is 0. The number of nitrogens with zero attached hydrogens (tertiary/aromatic N) is 1. The van der Waals surface area contributed by atoms with Crippen molar-refractivity contribution in [1.82, 2.24) is 9.62 Å². The molecule has 3 rings (SSSR count). The van der Waals surface area contributed by atoms with Gasteiger partial charge in [-0.15, -0.1) is 0 Å². The van der Waals surface area contributed by atoms with E-state index in [1.807, 2.05) is 0 Å². The molecule has 1 N–H and O–H groups in total. The summed E-state index contributed by atoms with van der Waals surface area (Å²) in [4.78, 5) is 0. The summed E-state index contributed by atoms with van der Waals surface area (Å²) in [5.41, 5.74) is 1.14. The molecule has 0 amide bonds. The van der Waals surface area contributed by atoms with Crippen LogP contribution in [-0.2, 0) is 15.8 Å². The number of sulfonamides is 1. The van der Waals surface area contributed by atoms with Gasteiger partial charge in [0.05, 0.1) is 11.8 Å². The average Bonchev–Trinajstić information content (AvgIpc) is 2.57. The van der Waals surface area contributed by atoms with Crippen LogP contribution in [0.25, 0.3) is 0 Å². The van der Waals surface area contributed by atoms with Gasteiger partial charge >= 0.3 is 0 Å². The molecule has 1 atom stereocenters. The summed E-state index contributed by atoms with van der Waals surface area (Å²) in [5.74, 6) is -1.01. The molecule has 1 aliphatic rings. The van der Waals surface area contributed by atoms with Crippen LogP contribution in [0.3, 0.4) is 0 Å². The summed E-state index contributed by atoms with van der Waals surface area (Å²) in [6, 6.07) is 10.9. The van der Waals surface area contributed by atoms with E-state index < -0.39 is 27.7 Å². The van der Waals surface area contributed by atoms with Gasteiger partial charge in [-0.1, -0.05) is 24.3 Å². The zero-order chi connectivity index (χ0) is 17.2. The Kier molecular flexibility index (Phi) is 4.93. The van der Waals surface area contributed by atoms with Gasteiger partial charge in [0, 0.05) is 19.6 Å². The maximum atomic E-state index is 13.5. The van der Waals surface area contributed by atoms with Crippen LogP contribution in [0, 0.1) is 11.6 Å². The van der Waals surface area contributed by atoms with E-state index in [2.05, 4.69) is 5.32 Å². The van der Waals surface area contributed by atoms with E-state index in [9.17, 15) is 17.2 Å². The quantitative estimate of drug-likeness (QED) is 0.920. The van der Waals surface area contributed by atoms with Gasteiger partial charge in [0.1, 0.15) is 11.6 Å². The molecule has 1 saturated heterocycles. The average molecular weight is 352 g/mol. The molecule has 7 heteroatoms. The minimum atomic E-state index is -3.61. The van der Waals surface area contributed by atoms with Crippen LogP contribution < -0.4 is 5.32 Å². The number of nitrogens with one attached hydrogen (secondary N) is 1. The van der Waals surface area contributed by atoms with Crippen LogP contribution >= 0.6 is 0 Å². The first-order valence-corrected chi connectivity index (χ1v) is 9.27. The monoisotopic (exact) mass is 352 g/mol. The minimum absolute atomic E-state index is 0.209. The van der Waals surface area contributed by atoms with Gasteiger partial charge in [0.25, 0.3) is 0 Å². The highest BCUT2D eigenvalue weighted by Gasteiger charge is 2.33. The third-order valence-electron chi connectivity index (χ3n) is 4.05. The fourth-order valence-electron chi connectivity index (χ4n) is 2.89. The lowest BCUT2D eigenvalue weighted by Crippen LogP contribution is -2.48. The van der Waals surface area contributed by atoms with E-state index in [4.69, 9.17) is 0 Å². The molecule has 4 nitrogen and oxygen atoms in total. The number of hydrogen-bond acceptors (Lipinski definition) is 3. The Bertz CT molecular complexity index is 810. The molecule has 2 aromatic carbocycles. The molecule has 1 fully saturated rings. The highest BCUT2D eigenvalue weighted by molar-refractivity contribution is 7.88. The van der Waals surface area contributed by atoms with Crippen molar-refractivity contribution < 1.29 is 17.2 Å². The lowest BCUT2D eigenvalue weighted by molar-refractivity contribution is 0.270. The van der Waals surface area contributed by atoms with Crippen molar-refractivity contribution in [2.75, 3.05) is 19.6 Å². The second kappa shape index (κ2) is 6.96. The van der Waals surface area contributed by atoms with Crippen molar-refractivity contribution in [3.8, 4) is 0 Å². The van der Waals surface area contributed by atoms with Crippen molar-refractivity contribution in [2.24, 2.45) is 0 Å². The summed E-state index contributed by atoms with van der Waals surface area (Å²) in [6.45, 7) is 1.27. The van der Waals surface area contributed by atoms with Gasteiger partial charge in [-0.25, -0.2) is 17.2 Å². The maximum absolute atomic E-state index is 13.5. The molecule has 1 aliphatic heterocycles. The van der Waals surface area contributed by atoms with Crippen LogP contribution in [0.15, 0.2) is 48.5 Å². The summed E-state index contributed by atoms with van der Waals surface area (Å²) in [7, 11) is -3.61.